The average molecular weight is 411 g/mol. The summed E-state index contributed by atoms with van der Waals surface area (Å²) >= 11 is 0. The second kappa shape index (κ2) is 7.17. The molecule has 0 atom stereocenters. The number of aromatic amines is 1. The van der Waals surface area contributed by atoms with Gasteiger partial charge in [0, 0.05) is 16.5 Å². The molecule has 0 saturated heterocycles. The molecule has 1 aromatic heterocycles. The maximum atomic E-state index is 14.7. The Bertz CT molecular complexity index is 1240. The number of nitrogens with one attached hydrogen (secondary N) is 1. The SMILES string of the molecule is COc1cc2c(-c3ccc(CS(N)(=O)=O)c(F)c3F)n[nH]c(=O)c2cc1OC. The molecular weight excluding hydrogens is 396 g/mol. The van der Waals surface area contributed by atoms with Crippen LogP contribution in [0, 0.1) is 11.6 Å². The third-order valence-electron chi connectivity index (χ3n) is 4.07. The minimum atomic E-state index is -4.05. The highest BCUT2D eigenvalue weighted by Gasteiger charge is 2.21. The predicted octanol–water partition coefficient (Wildman–Crippen LogP) is 1.67. The van der Waals surface area contributed by atoms with E-state index in [1.165, 1.54) is 26.4 Å². The van der Waals surface area contributed by atoms with Gasteiger partial charge in [-0.15, -0.1) is 0 Å². The number of aromatic nitrogens is 2. The fraction of sp³-hybridized carbons (Fsp3) is 0.176. The van der Waals surface area contributed by atoms with Gasteiger partial charge >= 0.3 is 0 Å². The largest absolute Gasteiger partial charge is 0.493 e. The maximum absolute atomic E-state index is 14.7. The molecule has 2 aromatic carbocycles. The van der Waals surface area contributed by atoms with Crippen molar-refractivity contribution >= 4 is 20.8 Å². The van der Waals surface area contributed by atoms with E-state index in [0.29, 0.717) is 0 Å². The van der Waals surface area contributed by atoms with Crippen molar-refractivity contribution in [3.63, 3.8) is 0 Å². The lowest BCUT2D eigenvalue weighted by atomic mass is 10.0. The number of halogens is 2. The van der Waals surface area contributed by atoms with Gasteiger partial charge in [-0.2, -0.15) is 5.10 Å². The van der Waals surface area contributed by atoms with Crippen molar-refractivity contribution in [2.45, 2.75) is 5.75 Å². The van der Waals surface area contributed by atoms with Crippen LogP contribution in [0.25, 0.3) is 22.0 Å². The molecule has 0 unspecified atom stereocenters. The Morgan fingerprint density at radius 3 is 2.25 bits per heavy atom. The second-order valence-electron chi connectivity index (χ2n) is 5.86. The molecule has 0 saturated carbocycles. The molecule has 0 spiro atoms. The number of rotatable bonds is 5. The second-order valence-corrected chi connectivity index (χ2v) is 7.48. The number of benzene rings is 2. The minimum absolute atomic E-state index is 0.0610. The molecule has 3 N–H and O–H groups in total. The molecule has 0 radical (unpaired) electrons. The number of H-pyrrole nitrogens is 1. The van der Waals surface area contributed by atoms with Crippen LogP contribution in [0.15, 0.2) is 29.1 Å². The number of primary sulfonamides is 1. The Morgan fingerprint density at radius 2 is 1.68 bits per heavy atom. The van der Waals surface area contributed by atoms with Gasteiger partial charge in [0.05, 0.1) is 25.4 Å². The molecule has 8 nitrogen and oxygen atoms in total. The third kappa shape index (κ3) is 3.53. The van der Waals surface area contributed by atoms with Crippen LogP contribution >= 0.6 is 0 Å². The van der Waals surface area contributed by atoms with Gasteiger partial charge in [-0.1, -0.05) is 6.07 Å². The van der Waals surface area contributed by atoms with E-state index in [1.807, 2.05) is 0 Å². The molecule has 28 heavy (non-hydrogen) atoms. The Labute approximate surface area is 157 Å². The molecule has 3 aromatic rings. The van der Waals surface area contributed by atoms with E-state index in [1.54, 1.807) is 0 Å². The molecule has 3 rings (SSSR count). The Hall–Kier alpha value is -3.05. The summed E-state index contributed by atoms with van der Waals surface area (Å²) in [7, 11) is -1.28. The molecule has 0 bridgehead atoms. The highest BCUT2D eigenvalue weighted by Crippen LogP contribution is 2.36. The number of ether oxygens (including phenoxy) is 2. The number of nitrogens with two attached hydrogens (primary N) is 1. The number of fused-ring (bicyclic) bond motifs is 1. The van der Waals surface area contributed by atoms with Crippen LogP contribution in [0.4, 0.5) is 8.78 Å². The lowest BCUT2D eigenvalue weighted by Gasteiger charge is -2.12. The minimum Gasteiger partial charge on any atom is -0.493 e. The number of hydrogen-bond acceptors (Lipinski definition) is 6. The lowest BCUT2D eigenvalue weighted by Crippen LogP contribution is -2.16. The Balaban J connectivity index is 2.28. The summed E-state index contributed by atoms with van der Waals surface area (Å²) in [4.78, 5) is 12.1. The molecule has 1 heterocycles. The monoisotopic (exact) mass is 411 g/mol. The number of hydrogen-bond donors (Lipinski definition) is 2. The van der Waals surface area contributed by atoms with Crippen LogP contribution in [0.2, 0.25) is 0 Å². The number of sulfonamides is 1. The molecule has 0 aliphatic rings. The van der Waals surface area contributed by atoms with E-state index in [9.17, 15) is 22.0 Å². The Morgan fingerprint density at radius 1 is 1.07 bits per heavy atom. The first-order valence-electron chi connectivity index (χ1n) is 7.78. The first-order chi connectivity index (χ1) is 13.2. The summed E-state index contributed by atoms with van der Waals surface area (Å²) in [5.41, 5.74) is -1.32. The van der Waals surface area contributed by atoms with Crippen molar-refractivity contribution in [1.29, 1.82) is 0 Å². The van der Waals surface area contributed by atoms with Crippen LogP contribution < -0.4 is 20.2 Å². The quantitative estimate of drug-likeness (QED) is 0.658. The summed E-state index contributed by atoms with van der Waals surface area (Å²) < 4.78 is 61.7. The topological polar surface area (TPSA) is 124 Å². The number of nitrogens with zero attached hydrogens (tertiary/aromatic N) is 1. The highest BCUT2D eigenvalue weighted by atomic mass is 32.2. The van der Waals surface area contributed by atoms with Gasteiger partial charge in [-0.05, 0) is 18.2 Å². The van der Waals surface area contributed by atoms with Gasteiger partial charge in [-0.25, -0.2) is 27.4 Å². The highest BCUT2D eigenvalue weighted by molar-refractivity contribution is 7.88. The fourth-order valence-corrected chi connectivity index (χ4v) is 3.45. The molecule has 11 heteroatoms. The normalized spacial score (nSPS) is 11.6. The van der Waals surface area contributed by atoms with Crippen LogP contribution in [-0.2, 0) is 15.8 Å². The van der Waals surface area contributed by atoms with Crippen molar-refractivity contribution < 1.29 is 26.7 Å². The van der Waals surface area contributed by atoms with Crippen molar-refractivity contribution in [1.82, 2.24) is 10.2 Å². The number of methoxy groups -OCH3 is 2. The zero-order valence-electron chi connectivity index (χ0n) is 14.7. The smallest absolute Gasteiger partial charge is 0.272 e. The van der Waals surface area contributed by atoms with Crippen LogP contribution in [0.1, 0.15) is 5.56 Å². The van der Waals surface area contributed by atoms with E-state index < -0.39 is 38.5 Å². The Kier molecular flexibility index (Phi) is 5.04. The lowest BCUT2D eigenvalue weighted by molar-refractivity contribution is 0.356. The van der Waals surface area contributed by atoms with E-state index in [0.717, 1.165) is 12.1 Å². The van der Waals surface area contributed by atoms with Crippen LogP contribution in [-0.4, -0.2) is 32.8 Å². The van der Waals surface area contributed by atoms with Crippen molar-refractivity contribution in [2.24, 2.45) is 5.14 Å². The molecule has 0 aliphatic carbocycles. The summed E-state index contributed by atoms with van der Waals surface area (Å²) in [6, 6.07) is 5.07. The van der Waals surface area contributed by atoms with E-state index in [4.69, 9.17) is 14.6 Å². The molecule has 0 aliphatic heterocycles. The van der Waals surface area contributed by atoms with E-state index in [-0.39, 0.29) is 33.5 Å². The zero-order valence-corrected chi connectivity index (χ0v) is 15.6. The summed E-state index contributed by atoms with van der Waals surface area (Å²) in [6.07, 6.45) is 0. The van der Waals surface area contributed by atoms with Gasteiger partial charge in [0.25, 0.3) is 5.56 Å². The van der Waals surface area contributed by atoms with Gasteiger partial charge in [0.2, 0.25) is 10.0 Å². The average Bonchev–Trinajstić information content (AvgIpc) is 2.64. The molecular formula is C17H15F2N3O5S. The van der Waals surface area contributed by atoms with E-state index >= 15 is 0 Å². The summed E-state index contributed by atoms with van der Waals surface area (Å²) in [5, 5.41) is 11.3. The summed E-state index contributed by atoms with van der Waals surface area (Å²) in [5.74, 6) is -3.02. The third-order valence-corrected chi connectivity index (χ3v) is 4.78. The van der Waals surface area contributed by atoms with Gasteiger partial charge in [0.1, 0.15) is 5.69 Å². The van der Waals surface area contributed by atoms with E-state index in [2.05, 4.69) is 10.2 Å². The van der Waals surface area contributed by atoms with Gasteiger partial charge in [-0.3, -0.25) is 4.79 Å². The summed E-state index contributed by atoms with van der Waals surface area (Å²) in [6.45, 7) is 0. The van der Waals surface area contributed by atoms with Gasteiger partial charge < -0.3 is 9.47 Å². The predicted molar refractivity (Wildman–Crippen MR) is 97.6 cm³/mol. The first-order valence-corrected chi connectivity index (χ1v) is 9.50. The first kappa shape index (κ1) is 19.7. The van der Waals surface area contributed by atoms with Gasteiger partial charge in [0.15, 0.2) is 23.1 Å². The standard InChI is InChI=1S/C17H15F2N3O5S/c1-26-12-5-10-11(6-13(12)27-2)17(23)22-21-16(10)9-4-3-8(7-28(20,24)25)14(18)15(9)19/h3-6H,7H2,1-2H3,(H,22,23)(H2,20,24,25). The van der Waals surface area contributed by atoms with Crippen molar-refractivity contribution in [2.75, 3.05) is 14.2 Å². The molecule has 148 valence electrons. The van der Waals surface area contributed by atoms with Crippen molar-refractivity contribution in [3.05, 3.63) is 51.8 Å². The maximum Gasteiger partial charge on any atom is 0.272 e. The fourth-order valence-electron chi connectivity index (χ4n) is 2.80. The van der Waals surface area contributed by atoms with Crippen LogP contribution in [0.3, 0.4) is 0 Å². The molecule has 0 amide bonds. The molecule has 0 fully saturated rings. The zero-order chi connectivity index (χ0) is 20.6. The van der Waals surface area contributed by atoms with Crippen molar-refractivity contribution in [3.8, 4) is 22.8 Å². The van der Waals surface area contributed by atoms with Crippen LogP contribution in [0.5, 0.6) is 11.5 Å².